The van der Waals surface area contributed by atoms with Gasteiger partial charge in [0.25, 0.3) is 0 Å². The fourth-order valence-electron chi connectivity index (χ4n) is 2.56. The Morgan fingerprint density at radius 3 is 2.71 bits per heavy atom. The molecule has 0 heterocycles. The van der Waals surface area contributed by atoms with Crippen molar-refractivity contribution in [3.05, 3.63) is 29.8 Å². The Morgan fingerprint density at radius 1 is 1.29 bits per heavy atom. The summed E-state index contributed by atoms with van der Waals surface area (Å²) < 4.78 is 0. The van der Waals surface area contributed by atoms with Gasteiger partial charge in [0.05, 0.1) is 0 Å². The van der Waals surface area contributed by atoms with Gasteiger partial charge in [0.2, 0.25) is 5.91 Å². The molecule has 17 heavy (non-hydrogen) atoms. The molecule has 0 bridgehead atoms. The summed E-state index contributed by atoms with van der Waals surface area (Å²) in [6, 6.07) is 7.93. The van der Waals surface area contributed by atoms with Crippen LogP contribution < -0.4 is 5.32 Å². The van der Waals surface area contributed by atoms with Crippen molar-refractivity contribution in [3.63, 3.8) is 0 Å². The zero-order chi connectivity index (χ0) is 12.1. The number of rotatable bonds is 4. The summed E-state index contributed by atoms with van der Waals surface area (Å²) in [4.78, 5) is 11.8. The summed E-state index contributed by atoms with van der Waals surface area (Å²) in [5.74, 6) is 0.948. The van der Waals surface area contributed by atoms with Crippen LogP contribution in [0.1, 0.15) is 44.1 Å². The molecule has 1 aliphatic rings. The Kier molecular flexibility index (Phi) is 4.18. The number of aryl methyl sites for hydroxylation is 1. The first kappa shape index (κ1) is 12.2. The lowest BCUT2D eigenvalue weighted by Crippen LogP contribution is -2.13. The van der Waals surface area contributed by atoms with Gasteiger partial charge in [-0.25, -0.2) is 0 Å². The van der Waals surface area contributed by atoms with Crippen LogP contribution in [0.15, 0.2) is 24.3 Å². The molecule has 1 fully saturated rings. The number of hydrogen-bond donors (Lipinski definition) is 1. The van der Waals surface area contributed by atoms with Crippen LogP contribution in [0, 0.1) is 12.8 Å². The summed E-state index contributed by atoms with van der Waals surface area (Å²) in [5.41, 5.74) is 2.07. The van der Waals surface area contributed by atoms with Crippen molar-refractivity contribution in [1.29, 1.82) is 0 Å². The lowest BCUT2D eigenvalue weighted by atomic mass is 10.0. The van der Waals surface area contributed by atoms with E-state index < -0.39 is 0 Å². The molecule has 0 atom stereocenters. The number of anilines is 1. The van der Waals surface area contributed by atoms with E-state index in [0.29, 0.717) is 6.42 Å². The second-order valence-electron chi connectivity index (χ2n) is 5.05. The number of hydrogen-bond acceptors (Lipinski definition) is 1. The summed E-state index contributed by atoms with van der Waals surface area (Å²) in [6.45, 7) is 2.02. The summed E-state index contributed by atoms with van der Waals surface area (Å²) in [7, 11) is 0. The lowest BCUT2D eigenvalue weighted by molar-refractivity contribution is -0.116. The molecule has 2 heteroatoms. The topological polar surface area (TPSA) is 29.1 Å². The Morgan fingerprint density at radius 2 is 2.00 bits per heavy atom. The van der Waals surface area contributed by atoms with Crippen LogP contribution in [0.2, 0.25) is 0 Å². The van der Waals surface area contributed by atoms with E-state index in [1.807, 2.05) is 31.2 Å². The minimum absolute atomic E-state index is 0.159. The SMILES string of the molecule is Cc1ccccc1NC(=O)CCC1CCCC1. The Bertz CT molecular complexity index is 380. The molecule has 0 aliphatic heterocycles. The molecule has 0 spiro atoms. The highest BCUT2D eigenvalue weighted by Crippen LogP contribution is 2.28. The highest BCUT2D eigenvalue weighted by atomic mass is 16.1. The highest BCUT2D eigenvalue weighted by molar-refractivity contribution is 5.91. The molecule has 0 radical (unpaired) electrons. The first-order chi connectivity index (χ1) is 8.25. The van der Waals surface area contributed by atoms with Gasteiger partial charge in [-0.15, -0.1) is 0 Å². The van der Waals surface area contributed by atoms with Crippen molar-refractivity contribution in [2.45, 2.75) is 45.4 Å². The molecule has 0 aromatic heterocycles. The molecule has 1 aliphatic carbocycles. The molecule has 0 unspecified atom stereocenters. The van der Waals surface area contributed by atoms with Crippen molar-refractivity contribution in [2.24, 2.45) is 5.92 Å². The Hall–Kier alpha value is -1.31. The van der Waals surface area contributed by atoms with Crippen LogP contribution >= 0.6 is 0 Å². The molecule has 1 aromatic carbocycles. The molecule has 92 valence electrons. The third-order valence-corrected chi connectivity index (χ3v) is 3.67. The van der Waals surface area contributed by atoms with Crippen LogP contribution in [0.3, 0.4) is 0 Å². The van der Waals surface area contributed by atoms with Crippen LogP contribution in [-0.2, 0) is 4.79 Å². The number of benzene rings is 1. The predicted molar refractivity (Wildman–Crippen MR) is 71.0 cm³/mol. The first-order valence-electron chi connectivity index (χ1n) is 6.61. The van der Waals surface area contributed by atoms with Gasteiger partial charge >= 0.3 is 0 Å². The molecule has 0 saturated heterocycles. The molecule has 2 rings (SSSR count). The van der Waals surface area contributed by atoms with Gasteiger partial charge in [-0.2, -0.15) is 0 Å². The number of para-hydroxylation sites is 1. The maximum absolute atomic E-state index is 11.8. The smallest absolute Gasteiger partial charge is 0.224 e. The van der Waals surface area contributed by atoms with Crippen LogP contribution in [0.5, 0.6) is 0 Å². The molecular weight excluding hydrogens is 210 g/mol. The normalized spacial score (nSPS) is 16.1. The number of carbonyl (C=O) groups is 1. The molecule has 1 N–H and O–H groups in total. The highest BCUT2D eigenvalue weighted by Gasteiger charge is 2.16. The number of amides is 1. The largest absolute Gasteiger partial charge is 0.326 e. The van der Waals surface area contributed by atoms with Crippen LogP contribution in [0.25, 0.3) is 0 Å². The van der Waals surface area contributed by atoms with Crippen molar-refractivity contribution in [2.75, 3.05) is 5.32 Å². The maximum atomic E-state index is 11.8. The number of nitrogens with one attached hydrogen (secondary N) is 1. The van der Waals surface area contributed by atoms with Crippen molar-refractivity contribution >= 4 is 11.6 Å². The fourth-order valence-corrected chi connectivity index (χ4v) is 2.56. The van der Waals surface area contributed by atoms with Gasteiger partial charge in [0.15, 0.2) is 0 Å². The second kappa shape index (κ2) is 5.85. The van der Waals surface area contributed by atoms with Gasteiger partial charge in [-0.1, -0.05) is 43.9 Å². The van der Waals surface area contributed by atoms with E-state index in [1.165, 1.54) is 25.7 Å². The first-order valence-corrected chi connectivity index (χ1v) is 6.61. The average molecular weight is 231 g/mol. The minimum atomic E-state index is 0.159. The van der Waals surface area contributed by atoms with E-state index in [1.54, 1.807) is 0 Å². The van der Waals surface area contributed by atoms with Gasteiger partial charge in [-0.05, 0) is 30.9 Å². The number of carbonyl (C=O) groups excluding carboxylic acids is 1. The van der Waals surface area contributed by atoms with E-state index in [2.05, 4.69) is 5.32 Å². The van der Waals surface area contributed by atoms with E-state index in [4.69, 9.17) is 0 Å². The third kappa shape index (κ3) is 3.58. The standard InChI is InChI=1S/C15H21NO/c1-12-6-2-5-9-14(12)16-15(17)11-10-13-7-3-4-8-13/h2,5-6,9,13H,3-4,7-8,10-11H2,1H3,(H,16,17). The second-order valence-corrected chi connectivity index (χ2v) is 5.05. The van der Waals surface area contributed by atoms with Gasteiger partial charge < -0.3 is 5.32 Å². The zero-order valence-corrected chi connectivity index (χ0v) is 10.5. The maximum Gasteiger partial charge on any atom is 0.224 e. The van der Waals surface area contributed by atoms with Crippen molar-refractivity contribution in [3.8, 4) is 0 Å². The molecule has 1 amide bonds. The van der Waals surface area contributed by atoms with Crippen LogP contribution in [-0.4, -0.2) is 5.91 Å². The quantitative estimate of drug-likeness (QED) is 0.836. The third-order valence-electron chi connectivity index (χ3n) is 3.67. The molecule has 1 aromatic rings. The molecule has 1 saturated carbocycles. The minimum Gasteiger partial charge on any atom is -0.326 e. The summed E-state index contributed by atoms with van der Waals surface area (Å²) in [5, 5.41) is 3.00. The van der Waals surface area contributed by atoms with Gasteiger partial charge in [0.1, 0.15) is 0 Å². The van der Waals surface area contributed by atoms with Gasteiger partial charge in [0, 0.05) is 12.1 Å². The monoisotopic (exact) mass is 231 g/mol. The molecule has 2 nitrogen and oxygen atoms in total. The lowest BCUT2D eigenvalue weighted by Gasteiger charge is -2.10. The fraction of sp³-hybridized carbons (Fsp3) is 0.533. The van der Waals surface area contributed by atoms with E-state index in [0.717, 1.165) is 23.6 Å². The molecular formula is C15H21NO. The zero-order valence-electron chi connectivity index (χ0n) is 10.5. The summed E-state index contributed by atoms with van der Waals surface area (Å²) in [6.07, 6.45) is 7.06. The Balaban J connectivity index is 1.79. The predicted octanol–water partition coefficient (Wildman–Crippen LogP) is 3.90. The summed E-state index contributed by atoms with van der Waals surface area (Å²) >= 11 is 0. The van der Waals surface area contributed by atoms with Crippen molar-refractivity contribution < 1.29 is 4.79 Å². The van der Waals surface area contributed by atoms with Crippen molar-refractivity contribution in [1.82, 2.24) is 0 Å². The van der Waals surface area contributed by atoms with E-state index in [9.17, 15) is 4.79 Å². The van der Waals surface area contributed by atoms with E-state index in [-0.39, 0.29) is 5.91 Å². The van der Waals surface area contributed by atoms with Gasteiger partial charge in [-0.3, -0.25) is 4.79 Å². The average Bonchev–Trinajstić information content (AvgIpc) is 2.82. The van der Waals surface area contributed by atoms with E-state index >= 15 is 0 Å². The van der Waals surface area contributed by atoms with Crippen LogP contribution in [0.4, 0.5) is 5.69 Å². The Labute approximate surface area is 103 Å².